The molecule has 2 aromatic rings. The Morgan fingerprint density at radius 3 is 2.53 bits per heavy atom. The number of hydrogen-bond donors (Lipinski definition) is 0. The summed E-state index contributed by atoms with van der Waals surface area (Å²) in [6, 6.07) is 16.9. The maximum absolute atomic E-state index is 12.8. The molecule has 15 heavy (non-hydrogen) atoms. The first-order valence-corrected chi connectivity index (χ1v) is 4.69. The fourth-order valence-electron chi connectivity index (χ4n) is 1.24. The van der Waals surface area contributed by atoms with E-state index in [2.05, 4.69) is 6.07 Å². The molecule has 1 radical (unpaired) electrons. The molecule has 0 amide bonds. The molecule has 0 heterocycles. The molecule has 0 atom stereocenters. The Bertz CT molecular complexity index is 426. The second kappa shape index (κ2) is 4.60. The van der Waals surface area contributed by atoms with Crippen molar-refractivity contribution in [3.05, 3.63) is 66.0 Å². The summed E-state index contributed by atoms with van der Waals surface area (Å²) in [5, 5.41) is 0. The van der Waals surface area contributed by atoms with E-state index in [0.717, 1.165) is 5.56 Å². The summed E-state index contributed by atoms with van der Waals surface area (Å²) in [6.07, 6.45) is 0. The highest BCUT2D eigenvalue weighted by Crippen LogP contribution is 2.12. The first-order chi connectivity index (χ1) is 7.34. The Labute approximate surface area is 88.1 Å². The molecule has 0 aromatic heterocycles. The molecule has 1 nitrogen and oxygen atoms in total. The van der Waals surface area contributed by atoms with Crippen LogP contribution in [0.5, 0.6) is 5.75 Å². The summed E-state index contributed by atoms with van der Waals surface area (Å²) >= 11 is 0. The van der Waals surface area contributed by atoms with Crippen molar-refractivity contribution in [2.24, 2.45) is 0 Å². The molecule has 0 saturated carbocycles. The molecule has 2 rings (SSSR count). The lowest BCUT2D eigenvalue weighted by Crippen LogP contribution is -1.95. The van der Waals surface area contributed by atoms with Crippen molar-refractivity contribution < 1.29 is 9.13 Å². The monoisotopic (exact) mass is 201 g/mol. The molecule has 0 N–H and O–H groups in total. The minimum atomic E-state index is -0.402. The van der Waals surface area contributed by atoms with Gasteiger partial charge in [-0.25, -0.2) is 4.39 Å². The number of ether oxygens (including phenoxy) is 1. The first-order valence-electron chi connectivity index (χ1n) is 4.69. The van der Waals surface area contributed by atoms with Crippen molar-refractivity contribution in [1.82, 2.24) is 0 Å². The average Bonchev–Trinajstić information content (AvgIpc) is 2.28. The Morgan fingerprint density at radius 2 is 1.80 bits per heavy atom. The zero-order chi connectivity index (χ0) is 10.5. The highest BCUT2D eigenvalue weighted by Gasteiger charge is 1.97. The number of hydrogen-bond acceptors (Lipinski definition) is 1. The topological polar surface area (TPSA) is 9.23 Å². The van der Waals surface area contributed by atoms with E-state index >= 15 is 0 Å². The Kier molecular flexibility index (Phi) is 2.98. The van der Waals surface area contributed by atoms with Crippen LogP contribution in [0.25, 0.3) is 0 Å². The maximum Gasteiger partial charge on any atom is 0.135 e. The number of benzene rings is 2. The smallest absolute Gasteiger partial charge is 0.135 e. The van der Waals surface area contributed by atoms with Crippen LogP contribution in [-0.4, -0.2) is 0 Å². The van der Waals surface area contributed by atoms with Crippen LogP contribution < -0.4 is 4.74 Å². The summed E-state index contributed by atoms with van der Waals surface area (Å²) in [7, 11) is 0. The van der Waals surface area contributed by atoms with Gasteiger partial charge in [0.2, 0.25) is 0 Å². The van der Waals surface area contributed by atoms with Gasteiger partial charge >= 0.3 is 0 Å². The molecule has 0 aliphatic rings. The summed E-state index contributed by atoms with van der Waals surface area (Å²) in [4.78, 5) is 0. The molecular weight excluding hydrogens is 191 g/mol. The van der Waals surface area contributed by atoms with Crippen molar-refractivity contribution >= 4 is 0 Å². The van der Waals surface area contributed by atoms with E-state index in [1.54, 1.807) is 12.1 Å². The van der Waals surface area contributed by atoms with Gasteiger partial charge in [-0.1, -0.05) is 36.4 Å². The number of rotatable bonds is 3. The van der Waals surface area contributed by atoms with E-state index in [1.807, 2.05) is 30.3 Å². The van der Waals surface area contributed by atoms with E-state index in [4.69, 9.17) is 4.74 Å². The van der Waals surface area contributed by atoms with E-state index < -0.39 is 5.82 Å². The van der Waals surface area contributed by atoms with Crippen LogP contribution in [0, 0.1) is 11.9 Å². The summed E-state index contributed by atoms with van der Waals surface area (Å²) in [5.41, 5.74) is 1.05. The van der Waals surface area contributed by atoms with Crippen LogP contribution in [0.15, 0.2) is 48.5 Å². The lowest BCUT2D eigenvalue weighted by Gasteiger charge is -2.05. The SMILES string of the molecule is Fc1[c]c(OCc2ccccc2)ccc1. The van der Waals surface area contributed by atoms with Crippen LogP contribution in [0.3, 0.4) is 0 Å². The third-order valence-electron chi connectivity index (χ3n) is 1.97. The summed E-state index contributed by atoms with van der Waals surface area (Å²) in [5.74, 6) is 0.0272. The van der Waals surface area contributed by atoms with Gasteiger partial charge in [-0.2, -0.15) is 0 Å². The van der Waals surface area contributed by atoms with Gasteiger partial charge in [0.1, 0.15) is 18.2 Å². The molecule has 0 fully saturated rings. The lowest BCUT2D eigenvalue weighted by molar-refractivity contribution is 0.304. The number of halogens is 1. The fraction of sp³-hybridized carbons (Fsp3) is 0.0769. The van der Waals surface area contributed by atoms with Gasteiger partial charge < -0.3 is 4.74 Å². The minimum Gasteiger partial charge on any atom is -0.488 e. The molecule has 0 spiro atoms. The maximum atomic E-state index is 12.8. The van der Waals surface area contributed by atoms with Crippen LogP contribution >= 0.6 is 0 Å². The molecule has 0 aliphatic carbocycles. The van der Waals surface area contributed by atoms with Crippen molar-refractivity contribution in [3.8, 4) is 5.75 Å². The average molecular weight is 201 g/mol. The second-order valence-corrected chi connectivity index (χ2v) is 3.14. The van der Waals surface area contributed by atoms with Crippen LogP contribution in [0.2, 0.25) is 0 Å². The van der Waals surface area contributed by atoms with Crippen molar-refractivity contribution in [1.29, 1.82) is 0 Å². The third kappa shape index (κ3) is 2.81. The quantitative estimate of drug-likeness (QED) is 0.741. The normalized spacial score (nSPS) is 9.93. The predicted molar refractivity (Wildman–Crippen MR) is 56.0 cm³/mol. The highest BCUT2D eigenvalue weighted by molar-refractivity contribution is 5.22. The molecule has 0 bridgehead atoms. The molecule has 0 aliphatic heterocycles. The van der Waals surface area contributed by atoms with Crippen LogP contribution in [0.4, 0.5) is 4.39 Å². The summed E-state index contributed by atoms with van der Waals surface area (Å²) < 4.78 is 18.1. The zero-order valence-corrected chi connectivity index (χ0v) is 8.11. The van der Waals surface area contributed by atoms with Crippen molar-refractivity contribution in [3.63, 3.8) is 0 Å². The van der Waals surface area contributed by atoms with Gasteiger partial charge in [-0.15, -0.1) is 0 Å². The van der Waals surface area contributed by atoms with E-state index in [9.17, 15) is 4.39 Å². The zero-order valence-electron chi connectivity index (χ0n) is 8.11. The minimum absolute atomic E-state index is 0.402. The van der Waals surface area contributed by atoms with Crippen LogP contribution in [-0.2, 0) is 6.61 Å². The standard InChI is InChI=1S/C13H10FO/c14-12-7-4-8-13(9-12)15-10-11-5-2-1-3-6-11/h1-8H,10H2. The fourth-order valence-corrected chi connectivity index (χ4v) is 1.24. The predicted octanol–water partition coefficient (Wildman–Crippen LogP) is 3.20. The van der Waals surface area contributed by atoms with Gasteiger partial charge in [0.05, 0.1) is 6.07 Å². The van der Waals surface area contributed by atoms with Gasteiger partial charge in [0.15, 0.2) is 0 Å². The third-order valence-corrected chi connectivity index (χ3v) is 1.97. The van der Waals surface area contributed by atoms with Gasteiger partial charge in [-0.05, 0) is 17.7 Å². The summed E-state index contributed by atoms with van der Waals surface area (Å²) in [6.45, 7) is 0.431. The van der Waals surface area contributed by atoms with E-state index in [1.165, 1.54) is 6.07 Å². The molecule has 2 aromatic carbocycles. The van der Waals surface area contributed by atoms with Crippen LogP contribution in [0.1, 0.15) is 5.56 Å². The van der Waals surface area contributed by atoms with Gasteiger partial charge in [0.25, 0.3) is 0 Å². The molecule has 75 valence electrons. The Hall–Kier alpha value is -1.83. The Morgan fingerprint density at radius 1 is 1.00 bits per heavy atom. The lowest BCUT2D eigenvalue weighted by atomic mass is 10.2. The largest absolute Gasteiger partial charge is 0.488 e. The van der Waals surface area contributed by atoms with E-state index in [0.29, 0.717) is 12.4 Å². The van der Waals surface area contributed by atoms with Crippen molar-refractivity contribution in [2.75, 3.05) is 0 Å². The molecule has 0 saturated heterocycles. The van der Waals surface area contributed by atoms with E-state index in [-0.39, 0.29) is 0 Å². The Balaban J connectivity index is 1.99. The van der Waals surface area contributed by atoms with Gasteiger partial charge in [0, 0.05) is 0 Å². The van der Waals surface area contributed by atoms with Crippen molar-refractivity contribution in [2.45, 2.75) is 6.61 Å². The first kappa shape index (κ1) is 9.71. The van der Waals surface area contributed by atoms with Gasteiger partial charge in [-0.3, -0.25) is 0 Å². The second-order valence-electron chi connectivity index (χ2n) is 3.14. The molecular formula is C13H10FO. The highest BCUT2D eigenvalue weighted by atomic mass is 19.1. The molecule has 0 unspecified atom stereocenters. The molecule has 2 heteroatoms.